The van der Waals surface area contributed by atoms with E-state index in [4.69, 9.17) is 15.9 Å². The smallest absolute Gasteiger partial charge is 0.258 e. The summed E-state index contributed by atoms with van der Waals surface area (Å²) in [7, 11) is 0. The average Bonchev–Trinajstić information content (AvgIpc) is 3.46. The number of hydrogen-bond donors (Lipinski definition) is 6. The fourth-order valence-corrected chi connectivity index (χ4v) is 3.27. The Labute approximate surface area is 179 Å². The van der Waals surface area contributed by atoms with Gasteiger partial charge in [-0.2, -0.15) is 0 Å². The Hall–Kier alpha value is -3.92. The van der Waals surface area contributed by atoms with Gasteiger partial charge in [0.1, 0.15) is 5.75 Å². The zero-order valence-electron chi connectivity index (χ0n) is 16.8. The van der Waals surface area contributed by atoms with E-state index in [1.165, 1.54) is 6.21 Å². The minimum Gasteiger partial charge on any atom is -0.484 e. The van der Waals surface area contributed by atoms with Gasteiger partial charge in [-0.3, -0.25) is 4.79 Å². The second kappa shape index (κ2) is 9.26. The Kier molecular flexibility index (Phi) is 6.08. The number of aromatic nitrogens is 3. The number of rotatable bonds is 8. The fraction of sp³-hybridized carbons (Fsp3) is 0.238. The summed E-state index contributed by atoms with van der Waals surface area (Å²) in [6.45, 7) is 1.71. The van der Waals surface area contributed by atoms with Gasteiger partial charge >= 0.3 is 0 Å². The van der Waals surface area contributed by atoms with E-state index in [1.807, 2.05) is 12.1 Å². The molecule has 160 valence electrons. The Morgan fingerprint density at radius 1 is 1.26 bits per heavy atom. The molecule has 1 amide bonds. The van der Waals surface area contributed by atoms with Gasteiger partial charge in [0.05, 0.1) is 0 Å². The number of nitrogen functional groups attached to an aromatic ring is 1. The topological polar surface area (TPSA) is 154 Å². The number of ether oxygens (including phenoxy) is 1. The second-order valence-electron chi connectivity index (χ2n) is 7.21. The molecule has 31 heavy (non-hydrogen) atoms. The summed E-state index contributed by atoms with van der Waals surface area (Å²) in [5.41, 5.74) is 8.53. The molecule has 1 aliphatic heterocycles. The highest BCUT2D eigenvalue weighted by Crippen LogP contribution is 2.22. The van der Waals surface area contributed by atoms with Gasteiger partial charge in [0.2, 0.25) is 5.95 Å². The van der Waals surface area contributed by atoms with E-state index in [1.54, 1.807) is 30.3 Å². The minimum atomic E-state index is -0.127. The van der Waals surface area contributed by atoms with Gasteiger partial charge in [-0.05, 0) is 55.4 Å². The van der Waals surface area contributed by atoms with Crippen molar-refractivity contribution in [2.45, 2.75) is 12.5 Å². The molecular formula is C21H24N8O2. The van der Waals surface area contributed by atoms with Gasteiger partial charge in [0.25, 0.3) is 5.91 Å². The van der Waals surface area contributed by atoms with Gasteiger partial charge in [0.15, 0.2) is 12.4 Å². The van der Waals surface area contributed by atoms with Crippen LogP contribution in [0.5, 0.6) is 5.75 Å². The van der Waals surface area contributed by atoms with Crippen LogP contribution in [-0.2, 0) is 4.79 Å². The summed E-state index contributed by atoms with van der Waals surface area (Å²) < 4.78 is 5.57. The molecule has 1 aromatic heterocycles. The minimum absolute atomic E-state index is 0.0223. The fourth-order valence-electron chi connectivity index (χ4n) is 3.27. The maximum Gasteiger partial charge on any atom is 0.258 e. The van der Waals surface area contributed by atoms with Crippen LogP contribution in [0, 0.1) is 5.41 Å². The van der Waals surface area contributed by atoms with Gasteiger partial charge in [-0.15, -0.1) is 10.2 Å². The summed E-state index contributed by atoms with van der Waals surface area (Å²) in [5.74, 6) is 1.53. The third-order valence-electron chi connectivity index (χ3n) is 4.91. The number of aromatic amines is 1. The SMILES string of the molecule is N=Cc1cc(Nc2nnc(-c3ccc(OCC(=O)NC4CCNC4)cc3)[nH]2)ccc1N. The van der Waals surface area contributed by atoms with Gasteiger partial charge in [-0.1, -0.05) is 0 Å². The van der Waals surface area contributed by atoms with Crippen LogP contribution in [0.2, 0.25) is 0 Å². The molecule has 0 radical (unpaired) electrons. The standard InChI is InChI=1S/C21H24N8O2/c22-10-14-9-15(3-6-18(14)23)26-21-27-20(28-29-21)13-1-4-17(5-2-13)31-12-19(30)25-16-7-8-24-11-16/h1-6,9-10,16,22,24H,7-8,11-12,23H2,(H,25,30)(H2,26,27,28,29). The lowest BCUT2D eigenvalue weighted by Gasteiger charge is -2.12. The van der Waals surface area contributed by atoms with Crippen molar-refractivity contribution in [1.29, 1.82) is 5.41 Å². The molecule has 3 aromatic rings. The quantitative estimate of drug-likeness (QED) is 0.239. The highest BCUT2D eigenvalue weighted by Gasteiger charge is 2.16. The van der Waals surface area contributed by atoms with Crippen molar-refractivity contribution in [3.63, 3.8) is 0 Å². The number of amides is 1. The van der Waals surface area contributed by atoms with E-state index in [9.17, 15) is 4.79 Å². The summed E-state index contributed by atoms with van der Waals surface area (Å²) in [6.07, 6.45) is 2.14. The van der Waals surface area contributed by atoms with E-state index in [0.29, 0.717) is 28.8 Å². The summed E-state index contributed by atoms with van der Waals surface area (Å²) in [6, 6.07) is 12.7. The second-order valence-corrected chi connectivity index (χ2v) is 7.21. The van der Waals surface area contributed by atoms with E-state index in [-0.39, 0.29) is 18.6 Å². The molecule has 1 fully saturated rings. The number of nitrogens with one attached hydrogen (secondary N) is 5. The van der Waals surface area contributed by atoms with E-state index in [2.05, 4.69) is 31.1 Å². The highest BCUT2D eigenvalue weighted by atomic mass is 16.5. The molecule has 2 aromatic carbocycles. The number of H-pyrrole nitrogens is 1. The number of hydrogen-bond acceptors (Lipinski definition) is 8. The Morgan fingerprint density at radius 2 is 2.10 bits per heavy atom. The lowest BCUT2D eigenvalue weighted by molar-refractivity contribution is -0.123. The maximum atomic E-state index is 12.0. The molecule has 0 saturated carbocycles. The van der Waals surface area contributed by atoms with Crippen LogP contribution in [-0.4, -0.2) is 53.0 Å². The summed E-state index contributed by atoms with van der Waals surface area (Å²) in [4.78, 5) is 15.1. The van der Waals surface area contributed by atoms with Crippen molar-refractivity contribution in [2.24, 2.45) is 0 Å². The van der Waals surface area contributed by atoms with E-state index < -0.39 is 0 Å². The largest absolute Gasteiger partial charge is 0.484 e. The van der Waals surface area contributed by atoms with Crippen molar-refractivity contribution >= 4 is 29.4 Å². The Balaban J connectivity index is 1.33. The Morgan fingerprint density at radius 3 is 2.84 bits per heavy atom. The number of carbonyl (C=O) groups is 1. The highest BCUT2D eigenvalue weighted by molar-refractivity contribution is 5.87. The predicted octanol–water partition coefficient (Wildman–Crippen LogP) is 1.65. The van der Waals surface area contributed by atoms with Crippen molar-refractivity contribution in [1.82, 2.24) is 25.8 Å². The predicted molar refractivity (Wildman–Crippen MR) is 119 cm³/mol. The molecule has 2 heterocycles. The molecule has 4 rings (SSSR count). The van der Waals surface area contributed by atoms with Crippen molar-refractivity contribution in [3.05, 3.63) is 48.0 Å². The van der Waals surface area contributed by atoms with Crippen LogP contribution < -0.4 is 26.4 Å². The molecule has 10 nitrogen and oxygen atoms in total. The van der Waals surface area contributed by atoms with Crippen LogP contribution in [0.1, 0.15) is 12.0 Å². The zero-order chi connectivity index (χ0) is 21.6. The molecule has 1 unspecified atom stereocenters. The molecular weight excluding hydrogens is 396 g/mol. The maximum absolute atomic E-state index is 12.0. The zero-order valence-corrected chi connectivity index (χ0v) is 16.8. The van der Waals surface area contributed by atoms with Gasteiger partial charge in [0, 0.05) is 41.3 Å². The van der Waals surface area contributed by atoms with Crippen LogP contribution in [0.4, 0.5) is 17.3 Å². The molecule has 1 aliphatic rings. The van der Waals surface area contributed by atoms with Crippen molar-refractivity contribution in [2.75, 3.05) is 30.7 Å². The van der Waals surface area contributed by atoms with Crippen molar-refractivity contribution < 1.29 is 9.53 Å². The normalized spacial score (nSPS) is 15.4. The summed E-state index contributed by atoms with van der Waals surface area (Å²) >= 11 is 0. The van der Waals surface area contributed by atoms with Gasteiger partial charge < -0.3 is 36.8 Å². The molecule has 1 atom stereocenters. The molecule has 7 N–H and O–H groups in total. The van der Waals surface area contributed by atoms with Crippen LogP contribution >= 0.6 is 0 Å². The summed E-state index contributed by atoms with van der Waals surface area (Å²) in [5, 5.41) is 24.9. The first-order valence-corrected chi connectivity index (χ1v) is 9.94. The first-order chi connectivity index (χ1) is 15.1. The first kappa shape index (κ1) is 20.4. The van der Waals surface area contributed by atoms with E-state index >= 15 is 0 Å². The third-order valence-corrected chi connectivity index (χ3v) is 4.91. The molecule has 1 saturated heterocycles. The number of carbonyl (C=O) groups excluding carboxylic acids is 1. The van der Waals surface area contributed by atoms with Crippen LogP contribution in [0.15, 0.2) is 42.5 Å². The lowest BCUT2D eigenvalue weighted by atomic mass is 10.2. The monoisotopic (exact) mass is 420 g/mol. The molecule has 0 aliphatic carbocycles. The van der Waals surface area contributed by atoms with E-state index in [0.717, 1.165) is 30.8 Å². The van der Waals surface area contributed by atoms with Gasteiger partial charge in [-0.25, -0.2) is 0 Å². The van der Waals surface area contributed by atoms with Crippen LogP contribution in [0.25, 0.3) is 11.4 Å². The number of anilines is 3. The van der Waals surface area contributed by atoms with Crippen LogP contribution in [0.3, 0.4) is 0 Å². The lowest BCUT2D eigenvalue weighted by Crippen LogP contribution is -2.39. The molecule has 0 bridgehead atoms. The number of nitrogens with two attached hydrogens (primary N) is 1. The number of nitrogens with zero attached hydrogens (tertiary/aromatic N) is 2. The Bertz CT molecular complexity index is 1060. The number of benzene rings is 2. The molecule has 10 heteroatoms. The third kappa shape index (κ3) is 5.17. The first-order valence-electron chi connectivity index (χ1n) is 9.94. The average molecular weight is 420 g/mol. The molecule has 0 spiro atoms. The van der Waals surface area contributed by atoms with Crippen molar-refractivity contribution in [3.8, 4) is 17.1 Å².